The number of fused-ring (bicyclic) bond motifs is 1. The first-order valence-electron chi connectivity index (χ1n) is 9.71. The Balaban J connectivity index is 1.89. The first-order valence-corrected chi connectivity index (χ1v) is 9.71. The summed E-state index contributed by atoms with van der Waals surface area (Å²) in [6.45, 7) is 0. The summed E-state index contributed by atoms with van der Waals surface area (Å²) < 4.78 is 22.0. The number of aromatic nitrogens is 1. The molecule has 3 aromatic carbocycles. The van der Waals surface area contributed by atoms with Crippen LogP contribution in [0.1, 0.15) is 11.1 Å². The summed E-state index contributed by atoms with van der Waals surface area (Å²) in [6, 6.07) is 20.4. The second kappa shape index (κ2) is 8.41. The molecule has 0 bridgehead atoms. The number of benzene rings is 3. The van der Waals surface area contributed by atoms with Crippen LogP contribution in [0.4, 0.5) is 0 Å². The molecule has 0 fully saturated rings. The van der Waals surface area contributed by atoms with Crippen LogP contribution in [0.5, 0.6) is 23.0 Å². The van der Waals surface area contributed by atoms with E-state index in [1.165, 1.54) is 5.56 Å². The summed E-state index contributed by atoms with van der Waals surface area (Å²) >= 11 is 0. The van der Waals surface area contributed by atoms with Crippen LogP contribution in [0.15, 0.2) is 60.7 Å². The zero-order valence-electron chi connectivity index (χ0n) is 17.6. The Morgan fingerprint density at radius 3 is 2.03 bits per heavy atom. The van der Waals surface area contributed by atoms with Crippen molar-refractivity contribution >= 4 is 10.9 Å². The molecule has 1 aromatic heterocycles. The molecule has 0 unspecified atom stereocenters. The molecule has 0 saturated carbocycles. The van der Waals surface area contributed by atoms with Crippen molar-refractivity contribution in [3.63, 3.8) is 0 Å². The number of rotatable bonds is 7. The van der Waals surface area contributed by atoms with Crippen molar-refractivity contribution in [1.29, 1.82) is 0 Å². The Bertz CT molecular complexity index is 1140. The highest BCUT2D eigenvalue weighted by molar-refractivity contribution is 5.92. The lowest BCUT2D eigenvalue weighted by atomic mass is 9.98. The summed E-state index contributed by atoms with van der Waals surface area (Å²) in [5.41, 5.74) is 5.54. The zero-order chi connectivity index (χ0) is 21.1. The largest absolute Gasteiger partial charge is 0.497 e. The van der Waals surface area contributed by atoms with Crippen molar-refractivity contribution in [2.24, 2.45) is 0 Å². The zero-order valence-corrected chi connectivity index (χ0v) is 17.6. The molecule has 154 valence electrons. The van der Waals surface area contributed by atoms with Crippen LogP contribution in [0, 0.1) is 0 Å². The third-order valence-electron chi connectivity index (χ3n) is 5.28. The quantitative estimate of drug-likeness (QED) is 0.445. The van der Waals surface area contributed by atoms with Crippen LogP contribution >= 0.6 is 0 Å². The monoisotopic (exact) mass is 403 g/mol. The number of nitrogens with one attached hydrogen (secondary N) is 1. The Morgan fingerprint density at radius 2 is 1.43 bits per heavy atom. The average Bonchev–Trinajstić information content (AvgIpc) is 3.16. The van der Waals surface area contributed by atoms with Gasteiger partial charge in [-0.3, -0.25) is 0 Å². The van der Waals surface area contributed by atoms with Crippen molar-refractivity contribution in [2.75, 3.05) is 28.4 Å². The summed E-state index contributed by atoms with van der Waals surface area (Å²) in [6.07, 6.45) is 0.689. The normalized spacial score (nSPS) is 10.8. The standard InChI is InChI=1S/C25H25NO4/c1-27-18-10-11-21-19(15-18)20(24(26-21)17-8-6-5-7-9-17)12-16-13-22(28-2)25(30-4)23(14-16)29-3/h5-11,13-15,26H,12H2,1-4H3. The molecule has 4 rings (SSSR count). The van der Waals surface area contributed by atoms with Crippen LogP contribution in [0.25, 0.3) is 22.2 Å². The van der Waals surface area contributed by atoms with Gasteiger partial charge in [0, 0.05) is 17.3 Å². The molecule has 0 radical (unpaired) electrons. The molecule has 0 aliphatic heterocycles. The minimum atomic E-state index is 0.590. The fourth-order valence-electron chi connectivity index (χ4n) is 3.83. The Hall–Kier alpha value is -3.60. The van der Waals surface area contributed by atoms with Gasteiger partial charge in [0.2, 0.25) is 5.75 Å². The van der Waals surface area contributed by atoms with Crippen LogP contribution < -0.4 is 18.9 Å². The third kappa shape index (κ3) is 3.54. The third-order valence-corrected chi connectivity index (χ3v) is 5.28. The molecule has 1 N–H and O–H groups in total. The molecule has 5 heteroatoms. The summed E-state index contributed by atoms with van der Waals surface area (Å²) in [5, 5.41) is 1.13. The second-order valence-corrected chi connectivity index (χ2v) is 6.97. The minimum absolute atomic E-state index is 0.590. The highest BCUT2D eigenvalue weighted by Crippen LogP contribution is 2.40. The van der Waals surface area contributed by atoms with Gasteiger partial charge >= 0.3 is 0 Å². The SMILES string of the molecule is COc1ccc2[nH]c(-c3ccccc3)c(Cc3cc(OC)c(OC)c(OC)c3)c2c1. The molecule has 0 aliphatic rings. The van der Waals surface area contributed by atoms with Gasteiger partial charge in [-0.15, -0.1) is 0 Å². The lowest BCUT2D eigenvalue weighted by molar-refractivity contribution is 0.324. The van der Waals surface area contributed by atoms with E-state index in [0.29, 0.717) is 23.7 Å². The Labute approximate surface area is 176 Å². The van der Waals surface area contributed by atoms with Gasteiger partial charge < -0.3 is 23.9 Å². The highest BCUT2D eigenvalue weighted by Gasteiger charge is 2.18. The van der Waals surface area contributed by atoms with Gasteiger partial charge in [0.05, 0.1) is 34.1 Å². The van der Waals surface area contributed by atoms with Gasteiger partial charge in [-0.2, -0.15) is 0 Å². The van der Waals surface area contributed by atoms with Crippen molar-refractivity contribution in [1.82, 2.24) is 4.98 Å². The maximum absolute atomic E-state index is 5.54. The molecule has 5 nitrogen and oxygen atoms in total. The van der Waals surface area contributed by atoms with Crippen LogP contribution in [-0.4, -0.2) is 33.4 Å². The van der Waals surface area contributed by atoms with Gasteiger partial charge in [-0.1, -0.05) is 30.3 Å². The maximum Gasteiger partial charge on any atom is 0.203 e. The van der Waals surface area contributed by atoms with Gasteiger partial charge in [0.15, 0.2) is 11.5 Å². The number of methoxy groups -OCH3 is 4. The molecular formula is C25H25NO4. The summed E-state index contributed by atoms with van der Waals surface area (Å²) in [4.78, 5) is 3.59. The molecular weight excluding hydrogens is 378 g/mol. The predicted octanol–water partition coefficient (Wildman–Crippen LogP) is 5.46. The first-order chi connectivity index (χ1) is 14.7. The van der Waals surface area contributed by atoms with Crippen LogP contribution in [0.3, 0.4) is 0 Å². The van der Waals surface area contributed by atoms with E-state index in [4.69, 9.17) is 18.9 Å². The van der Waals surface area contributed by atoms with Crippen LogP contribution in [-0.2, 0) is 6.42 Å². The van der Waals surface area contributed by atoms with E-state index in [0.717, 1.165) is 33.5 Å². The molecule has 30 heavy (non-hydrogen) atoms. The fourth-order valence-corrected chi connectivity index (χ4v) is 3.83. The number of hydrogen-bond donors (Lipinski definition) is 1. The Morgan fingerprint density at radius 1 is 0.733 bits per heavy atom. The molecule has 0 amide bonds. The number of hydrogen-bond acceptors (Lipinski definition) is 4. The molecule has 0 aliphatic carbocycles. The van der Waals surface area contributed by atoms with Crippen LogP contribution in [0.2, 0.25) is 0 Å². The average molecular weight is 403 g/mol. The van der Waals surface area contributed by atoms with E-state index >= 15 is 0 Å². The van der Waals surface area contributed by atoms with Gasteiger partial charge in [0.1, 0.15) is 5.75 Å². The topological polar surface area (TPSA) is 52.7 Å². The number of H-pyrrole nitrogens is 1. The van der Waals surface area contributed by atoms with Crippen molar-refractivity contribution < 1.29 is 18.9 Å². The number of ether oxygens (including phenoxy) is 4. The molecule has 1 heterocycles. The molecule has 0 spiro atoms. The summed E-state index contributed by atoms with van der Waals surface area (Å²) in [5.74, 6) is 2.70. The lowest BCUT2D eigenvalue weighted by Gasteiger charge is -2.14. The lowest BCUT2D eigenvalue weighted by Crippen LogP contribution is -1.98. The highest BCUT2D eigenvalue weighted by atomic mass is 16.5. The van der Waals surface area contributed by atoms with Crippen molar-refractivity contribution in [3.05, 3.63) is 71.8 Å². The van der Waals surface area contributed by atoms with Gasteiger partial charge in [0.25, 0.3) is 0 Å². The van der Waals surface area contributed by atoms with E-state index < -0.39 is 0 Å². The maximum atomic E-state index is 5.54. The molecule has 0 saturated heterocycles. The van der Waals surface area contributed by atoms with E-state index in [2.05, 4.69) is 29.2 Å². The van der Waals surface area contributed by atoms with E-state index in [1.54, 1.807) is 28.4 Å². The minimum Gasteiger partial charge on any atom is -0.497 e. The van der Waals surface area contributed by atoms with E-state index in [1.807, 2.05) is 36.4 Å². The van der Waals surface area contributed by atoms with Crippen molar-refractivity contribution in [3.8, 4) is 34.3 Å². The van der Waals surface area contributed by atoms with Gasteiger partial charge in [-0.05, 0) is 47.0 Å². The molecule has 4 aromatic rings. The Kier molecular flexibility index (Phi) is 5.53. The van der Waals surface area contributed by atoms with E-state index in [9.17, 15) is 0 Å². The molecule has 0 atom stereocenters. The van der Waals surface area contributed by atoms with Gasteiger partial charge in [-0.25, -0.2) is 0 Å². The predicted molar refractivity (Wildman–Crippen MR) is 119 cm³/mol. The van der Waals surface area contributed by atoms with E-state index in [-0.39, 0.29) is 0 Å². The fraction of sp³-hybridized carbons (Fsp3) is 0.200. The number of aromatic amines is 1. The summed E-state index contributed by atoms with van der Waals surface area (Å²) in [7, 11) is 6.56. The second-order valence-electron chi connectivity index (χ2n) is 6.97. The smallest absolute Gasteiger partial charge is 0.203 e. The van der Waals surface area contributed by atoms with Crippen molar-refractivity contribution in [2.45, 2.75) is 6.42 Å². The first kappa shape index (κ1) is 19.7.